The number of halogens is 1. The fraction of sp³-hybridized carbons (Fsp3) is 0.375. The summed E-state index contributed by atoms with van der Waals surface area (Å²) < 4.78 is 24.8. The highest BCUT2D eigenvalue weighted by Gasteiger charge is 2.27. The topological polar surface area (TPSA) is 54.7 Å². The third-order valence-corrected chi connectivity index (χ3v) is 5.70. The van der Waals surface area contributed by atoms with E-state index in [4.69, 9.17) is 9.15 Å². The van der Waals surface area contributed by atoms with Gasteiger partial charge in [-0.2, -0.15) is 0 Å². The molecule has 0 spiro atoms. The van der Waals surface area contributed by atoms with Gasteiger partial charge in [-0.1, -0.05) is 24.3 Å². The van der Waals surface area contributed by atoms with Crippen molar-refractivity contribution >= 4 is 16.9 Å². The summed E-state index contributed by atoms with van der Waals surface area (Å²) in [5, 5.41) is 4.05. The molecule has 158 valence electrons. The van der Waals surface area contributed by atoms with Crippen molar-refractivity contribution in [2.24, 2.45) is 5.92 Å². The van der Waals surface area contributed by atoms with Crippen LogP contribution in [0, 0.1) is 11.7 Å². The van der Waals surface area contributed by atoms with E-state index in [2.05, 4.69) is 10.2 Å². The van der Waals surface area contributed by atoms with E-state index >= 15 is 0 Å². The summed E-state index contributed by atoms with van der Waals surface area (Å²) in [5.41, 5.74) is 1.62. The zero-order chi connectivity index (χ0) is 21.1. The maximum absolute atomic E-state index is 13.5. The average molecular weight is 410 g/mol. The molecule has 3 aromatic rings. The van der Waals surface area contributed by atoms with Gasteiger partial charge in [0, 0.05) is 18.5 Å². The van der Waals surface area contributed by atoms with Crippen LogP contribution in [-0.2, 0) is 11.3 Å². The number of nitrogens with one attached hydrogen (secondary N) is 1. The minimum absolute atomic E-state index is 0.0267. The van der Waals surface area contributed by atoms with Crippen LogP contribution in [0.25, 0.3) is 11.0 Å². The standard InChI is InChI=1S/C24H27FN2O3/c1-16(22-13-18-7-4-10-21(29-2)23(18)30-22)26-24(28)19-8-5-11-27(15-19)14-17-6-3-9-20(25)12-17/h3-4,6-7,9-10,12-13,16,19H,5,8,11,14-15H2,1-2H3,(H,26,28). The summed E-state index contributed by atoms with van der Waals surface area (Å²) in [6, 6.07) is 14.1. The van der Waals surface area contributed by atoms with Gasteiger partial charge in [-0.05, 0) is 56.1 Å². The monoisotopic (exact) mass is 410 g/mol. The molecule has 4 rings (SSSR count). The van der Waals surface area contributed by atoms with Gasteiger partial charge in [0.05, 0.1) is 19.1 Å². The van der Waals surface area contributed by atoms with Crippen LogP contribution in [0.1, 0.15) is 37.1 Å². The van der Waals surface area contributed by atoms with Crippen molar-refractivity contribution in [3.63, 3.8) is 0 Å². The first-order valence-electron chi connectivity index (χ1n) is 10.4. The number of hydrogen-bond acceptors (Lipinski definition) is 4. The Kier molecular flexibility index (Phi) is 6.04. The van der Waals surface area contributed by atoms with Crippen molar-refractivity contribution in [2.75, 3.05) is 20.2 Å². The Labute approximate surface area is 175 Å². The van der Waals surface area contributed by atoms with E-state index < -0.39 is 0 Å². The van der Waals surface area contributed by atoms with Crippen molar-refractivity contribution < 1.29 is 18.3 Å². The van der Waals surface area contributed by atoms with Crippen LogP contribution in [0.4, 0.5) is 4.39 Å². The van der Waals surface area contributed by atoms with Gasteiger partial charge in [0.1, 0.15) is 11.6 Å². The van der Waals surface area contributed by atoms with E-state index in [0.717, 1.165) is 30.3 Å². The summed E-state index contributed by atoms with van der Waals surface area (Å²) in [4.78, 5) is 15.1. The number of likely N-dealkylation sites (tertiary alicyclic amines) is 1. The molecule has 1 aliphatic rings. The van der Waals surface area contributed by atoms with Crippen LogP contribution in [0.3, 0.4) is 0 Å². The van der Waals surface area contributed by atoms with Crippen LogP contribution in [0.15, 0.2) is 52.9 Å². The first kappa shape index (κ1) is 20.4. The number of piperidine rings is 1. The summed E-state index contributed by atoms with van der Waals surface area (Å²) in [6.45, 7) is 4.16. The van der Waals surface area contributed by atoms with Crippen molar-refractivity contribution in [2.45, 2.75) is 32.4 Å². The molecule has 0 saturated carbocycles. The van der Waals surface area contributed by atoms with Crippen molar-refractivity contribution in [3.05, 3.63) is 65.7 Å². The molecule has 0 radical (unpaired) electrons. The van der Waals surface area contributed by atoms with Gasteiger partial charge in [-0.25, -0.2) is 4.39 Å². The second-order valence-corrected chi connectivity index (χ2v) is 7.96. The molecule has 1 saturated heterocycles. The smallest absolute Gasteiger partial charge is 0.224 e. The SMILES string of the molecule is COc1cccc2cc(C(C)NC(=O)C3CCCN(Cc4cccc(F)c4)C3)oc12. The van der Waals surface area contributed by atoms with Crippen molar-refractivity contribution in [1.82, 2.24) is 10.2 Å². The van der Waals surface area contributed by atoms with Crippen LogP contribution in [-0.4, -0.2) is 31.0 Å². The molecule has 30 heavy (non-hydrogen) atoms. The minimum atomic E-state index is -0.242. The number of nitrogens with zero attached hydrogens (tertiary/aromatic N) is 1. The zero-order valence-electron chi connectivity index (χ0n) is 17.4. The number of carbonyl (C=O) groups excluding carboxylic acids is 1. The van der Waals surface area contributed by atoms with Gasteiger partial charge in [0.25, 0.3) is 0 Å². The lowest BCUT2D eigenvalue weighted by molar-refractivity contribution is -0.127. The van der Waals surface area contributed by atoms with Gasteiger partial charge in [0.15, 0.2) is 11.3 Å². The Balaban J connectivity index is 1.39. The summed E-state index contributed by atoms with van der Waals surface area (Å²) >= 11 is 0. The van der Waals surface area contributed by atoms with Crippen LogP contribution >= 0.6 is 0 Å². The first-order chi connectivity index (χ1) is 14.5. The lowest BCUT2D eigenvalue weighted by Crippen LogP contribution is -2.43. The van der Waals surface area contributed by atoms with Gasteiger partial charge in [-0.3, -0.25) is 9.69 Å². The molecule has 6 heteroatoms. The number of methoxy groups -OCH3 is 1. The third-order valence-electron chi connectivity index (χ3n) is 5.70. The highest BCUT2D eigenvalue weighted by Crippen LogP contribution is 2.31. The summed E-state index contributed by atoms with van der Waals surface area (Å²) in [7, 11) is 1.61. The molecular weight excluding hydrogens is 383 g/mol. The Hall–Kier alpha value is -2.86. The van der Waals surface area contributed by atoms with E-state index in [1.165, 1.54) is 6.07 Å². The van der Waals surface area contributed by atoms with Crippen LogP contribution in [0.5, 0.6) is 5.75 Å². The molecule has 1 N–H and O–H groups in total. The molecule has 1 amide bonds. The van der Waals surface area contributed by atoms with Gasteiger partial charge < -0.3 is 14.5 Å². The van der Waals surface area contributed by atoms with E-state index in [0.29, 0.717) is 30.2 Å². The molecule has 2 aromatic carbocycles. The predicted molar refractivity (Wildman–Crippen MR) is 114 cm³/mol. The number of benzene rings is 2. The number of furan rings is 1. The quantitative estimate of drug-likeness (QED) is 0.642. The number of fused-ring (bicyclic) bond motifs is 1. The molecule has 5 nitrogen and oxygen atoms in total. The number of para-hydroxylation sites is 1. The van der Waals surface area contributed by atoms with Gasteiger partial charge in [0.2, 0.25) is 5.91 Å². The maximum atomic E-state index is 13.5. The van der Waals surface area contributed by atoms with Crippen LogP contribution in [0.2, 0.25) is 0 Å². The van der Waals surface area contributed by atoms with Gasteiger partial charge in [-0.15, -0.1) is 0 Å². The molecule has 1 aliphatic heterocycles. The highest BCUT2D eigenvalue weighted by molar-refractivity contribution is 5.84. The van der Waals surface area contributed by atoms with Crippen molar-refractivity contribution in [1.29, 1.82) is 0 Å². The molecule has 1 aromatic heterocycles. The van der Waals surface area contributed by atoms with E-state index in [1.807, 2.05) is 37.3 Å². The average Bonchev–Trinajstić information content (AvgIpc) is 3.18. The van der Waals surface area contributed by atoms with Crippen LogP contribution < -0.4 is 10.1 Å². The number of ether oxygens (including phenoxy) is 1. The Bertz CT molecular complexity index is 1030. The molecule has 0 aliphatic carbocycles. The fourth-order valence-electron chi connectivity index (χ4n) is 4.14. The molecule has 0 bridgehead atoms. The zero-order valence-corrected chi connectivity index (χ0v) is 17.4. The number of rotatable bonds is 6. The minimum Gasteiger partial charge on any atom is -0.493 e. The second-order valence-electron chi connectivity index (χ2n) is 7.96. The predicted octanol–water partition coefficient (Wildman–Crippen LogP) is 4.67. The number of carbonyl (C=O) groups is 1. The third kappa shape index (κ3) is 4.49. The molecule has 2 heterocycles. The first-order valence-corrected chi connectivity index (χ1v) is 10.4. The van der Waals surface area contributed by atoms with Crippen molar-refractivity contribution in [3.8, 4) is 5.75 Å². The maximum Gasteiger partial charge on any atom is 0.224 e. The fourth-order valence-corrected chi connectivity index (χ4v) is 4.14. The second kappa shape index (κ2) is 8.88. The normalized spacial score (nSPS) is 18.3. The molecule has 1 fully saturated rings. The summed E-state index contributed by atoms with van der Waals surface area (Å²) in [6.07, 6.45) is 1.80. The van der Waals surface area contributed by atoms with E-state index in [-0.39, 0.29) is 23.7 Å². The number of hydrogen-bond donors (Lipinski definition) is 1. The summed E-state index contributed by atoms with van der Waals surface area (Å²) in [5.74, 6) is 1.09. The highest BCUT2D eigenvalue weighted by atomic mass is 19.1. The van der Waals surface area contributed by atoms with E-state index in [1.54, 1.807) is 19.2 Å². The lowest BCUT2D eigenvalue weighted by Gasteiger charge is -2.32. The van der Waals surface area contributed by atoms with Gasteiger partial charge >= 0.3 is 0 Å². The Morgan fingerprint density at radius 3 is 2.93 bits per heavy atom. The Morgan fingerprint density at radius 2 is 2.13 bits per heavy atom. The molecule has 2 unspecified atom stereocenters. The Morgan fingerprint density at radius 1 is 1.30 bits per heavy atom. The number of amides is 1. The van der Waals surface area contributed by atoms with E-state index in [9.17, 15) is 9.18 Å². The largest absolute Gasteiger partial charge is 0.493 e. The molecule has 2 atom stereocenters. The lowest BCUT2D eigenvalue weighted by atomic mass is 9.96. The molecular formula is C24H27FN2O3.